The number of aliphatic hydroxyl groups excluding tert-OH is 1. The van der Waals surface area contributed by atoms with Crippen molar-refractivity contribution in [2.24, 2.45) is 5.92 Å². The molecule has 2 heterocycles. The van der Waals surface area contributed by atoms with Gasteiger partial charge in [-0.3, -0.25) is 14.5 Å². The van der Waals surface area contributed by atoms with Gasteiger partial charge in [0.1, 0.15) is 11.4 Å². The average molecular weight is 455 g/mol. The summed E-state index contributed by atoms with van der Waals surface area (Å²) in [5.74, 6) is 0.195. The molecule has 1 atom stereocenters. The van der Waals surface area contributed by atoms with Gasteiger partial charge in [0, 0.05) is 24.7 Å². The second kappa shape index (κ2) is 9.76. The summed E-state index contributed by atoms with van der Waals surface area (Å²) in [7, 11) is 0. The van der Waals surface area contributed by atoms with E-state index in [0.717, 1.165) is 18.4 Å². The fraction of sp³-hybridized carbons (Fsp3) is 0.360. The van der Waals surface area contributed by atoms with Crippen LogP contribution < -0.4 is 4.74 Å². The number of hydrogen-bond donors (Lipinski definition) is 1. The summed E-state index contributed by atoms with van der Waals surface area (Å²) < 4.78 is 5.53. The van der Waals surface area contributed by atoms with Crippen LogP contribution in [0.5, 0.6) is 5.75 Å². The lowest BCUT2D eigenvalue weighted by atomic mass is 9.97. The van der Waals surface area contributed by atoms with Crippen LogP contribution in [0.3, 0.4) is 0 Å². The van der Waals surface area contributed by atoms with Crippen molar-refractivity contribution in [1.82, 2.24) is 9.80 Å². The first-order chi connectivity index (χ1) is 15.5. The highest BCUT2D eigenvalue weighted by molar-refractivity contribution is 6.35. The van der Waals surface area contributed by atoms with Gasteiger partial charge >= 0.3 is 0 Å². The third kappa shape index (κ3) is 4.52. The van der Waals surface area contributed by atoms with E-state index in [1.54, 1.807) is 12.1 Å². The summed E-state index contributed by atoms with van der Waals surface area (Å²) in [6.07, 6.45) is 1.78. The second-order valence-corrected chi connectivity index (χ2v) is 8.58. The van der Waals surface area contributed by atoms with E-state index in [-0.39, 0.29) is 30.9 Å². The van der Waals surface area contributed by atoms with Crippen LogP contribution in [0.4, 0.5) is 0 Å². The maximum atomic E-state index is 13.5. The second-order valence-electron chi connectivity index (χ2n) is 8.14. The van der Waals surface area contributed by atoms with E-state index in [1.807, 2.05) is 48.2 Å². The Bertz CT molecular complexity index is 1020. The zero-order chi connectivity index (χ0) is 22.7. The molecule has 0 radical (unpaired) electrons. The Morgan fingerprint density at radius 1 is 1.06 bits per heavy atom. The predicted molar refractivity (Wildman–Crippen MR) is 123 cm³/mol. The minimum absolute atomic E-state index is 0.0682. The van der Waals surface area contributed by atoms with Gasteiger partial charge in [0.15, 0.2) is 0 Å². The van der Waals surface area contributed by atoms with Crippen molar-refractivity contribution in [3.63, 3.8) is 0 Å². The number of piperidine rings is 1. The van der Waals surface area contributed by atoms with Crippen LogP contribution in [0.15, 0.2) is 54.2 Å². The number of carbonyl (C=O) groups excluding carboxylic acids is 2. The van der Waals surface area contributed by atoms with Crippen LogP contribution in [0.2, 0.25) is 5.02 Å². The Balaban J connectivity index is 1.70. The topological polar surface area (TPSA) is 70.1 Å². The standard InChI is InChI=1S/C25H27ClN2O4/c1-2-32-21-11-7-19(8-12-21)22-23(27-13-3-4-18(14-27)16-29)25(31)28(24(22)30)15-17-5-9-20(26)10-6-17/h5-12,18,29H,2-4,13-16H2,1H3. The molecular formula is C25H27ClN2O4. The number of hydrogen-bond acceptors (Lipinski definition) is 5. The Kier molecular flexibility index (Phi) is 6.82. The molecular weight excluding hydrogens is 428 g/mol. The van der Waals surface area contributed by atoms with Gasteiger partial charge in [-0.25, -0.2) is 0 Å². The summed E-state index contributed by atoms with van der Waals surface area (Å²) in [6, 6.07) is 14.4. The summed E-state index contributed by atoms with van der Waals surface area (Å²) in [5.41, 5.74) is 2.35. The molecule has 1 fully saturated rings. The van der Waals surface area contributed by atoms with Gasteiger partial charge < -0.3 is 14.7 Å². The van der Waals surface area contributed by atoms with Crippen molar-refractivity contribution in [3.8, 4) is 5.75 Å². The van der Waals surface area contributed by atoms with Crippen molar-refractivity contribution in [1.29, 1.82) is 0 Å². The molecule has 0 spiro atoms. The molecule has 32 heavy (non-hydrogen) atoms. The van der Waals surface area contributed by atoms with E-state index in [0.29, 0.717) is 47.3 Å². The molecule has 2 aliphatic heterocycles. The Morgan fingerprint density at radius 3 is 2.44 bits per heavy atom. The molecule has 0 saturated carbocycles. The molecule has 2 aromatic rings. The van der Waals surface area contributed by atoms with Crippen LogP contribution in [0.1, 0.15) is 30.9 Å². The molecule has 2 amide bonds. The predicted octanol–water partition coefficient (Wildman–Crippen LogP) is 3.72. The summed E-state index contributed by atoms with van der Waals surface area (Å²) in [5, 5.41) is 10.3. The lowest BCUT2D eigenvalue weighted by molar-refractivity contribution is -0.138. The number of aliphatic hydroxyl groups is 1. The third-order valence-electron chi connectivity index (χ3n) is 5.94. The maximum absolute atomic E-state index is 13.5. The zero-order valence-corrected chi connectivity index (χ0v) is 18.8. The number of benzene rings is 2. The molecule has 1 saturated heterocycles. The van der Waals surface area contributed by atoms with Gasteiger partial charge in [0.2, 0.25) is 0 Å². The molecule has 7 heteroatoms. The number of amides is 2. The lowest BCUT2D eigenvalue weighted by Gasteiger charge is -2.34. The first-order valence-electron chi connectivity index (χ1n) is 11.0. The summed E-state index contributed by atoms with van der Waals surface area (Å²) in [6.45, 7) is 3.95. The number of carbonyl (C=O) groups is 2. The van der Waals surface area contributed by atoms with Crippen LogP contribution in [-0.4, -0.2) is 53.0 Å². The number of nitrogens with zero attached hydrogens (tertiary/aromatic N) is 2. The van der Waals surface area contributed by atoms with Crippen molar-refractivity contribution in [2.45, 2.75) is 26.3 Å². The van der Waals surface area contributed by atoms with Gasteiger partial charge in [-0.1, -0.05) is 35.9 Å². The van der Waals surface area contributed by atoms with E-state index in [1.165, 1.54) is 4.90 Å². The minimum Gasteiger partial charge on any atom is -0.494 e. The number of imide groups is 1. The molecule has 4 rings (SSSR count). The molecule has 0 aliphatic carbocycles. The van der Waals surface area contributed by atoms with Crippen LogP contribution in [0.25, 0.3) is 5.57 Å². The van der Waals surface area contributed by atoms with Crippen LogP contribution >= 0.6 is 11.6 Å². The quantitative estimate of drug-likeness (QED) is 0.645. The summed E-state index contributed by atoms with van der Waals surface area (Å²) in [4.78, 5) is 30.3. The first kappa shape index (κ1) is 22.4. The van der Waals surface area contributed by atoms with E-state index in [9.17, 15) is 14.7 Å². The molecule has 168 valence electrons. The molecule has 2 aromatic carbocycles. The number of likely N-dealkylation sites (tertiary alicyclic amines) is 1. The van der Waals surface area contributed by atoms with E-state index in [4.69, 9.17) is 16.3 Å². The van der Waals surface area contributed by atoms with E-state index in [2.05, 4.69) is 0 Å². The number of halogens is 1. The molecule has 6 nitrogen and oxygen atoms in total. The van der Waals surface area contributed by atoms with Crippen LogP contribution in [0, 0.1) is 5.92 Å². The fourth-order valence-corrected chi connectivity index (χ4v) is 4.46. The van der Waals surface area contributed by atoms with Crippen molar-refractivity contribution in [2.75, 3.05) is 26.3 Å². The Hall–Kier alpha value is -2.83. The van der Waals surface area contributed by atoms with Gasteiger partial charge in [0.25, 0.3) is 11.8 Å². The smallest absolute Gasteiger partial charge is 0.278 e. The zero-order valence-electron chi connectivity index (χ0n) is 18.1. The Labute approximate surface area is 193 Å². The molecule has 0 aromatic heterocycles. The number of rotatable bonds is 7. The van der Waals surface area contributed by atoms with E-state index < -0.39 is 0 Å². The molecule has 0 bridgehead atoms. The van der Waals surface area contributed by atoms with Gasteiger partial charge in [-0.15, -0.1) is 0 Å². The Morgan fingerprint density at radius 2 is 1.78 bits per heavy atom. The highest BCUT2D eigenvalue weighted by Gasteiger charge is 2.42. The summed E-state index contributed by atoms with van der Waals surface area (Å²) >= 11 is 5.98. The van der Waals surface area contributed by atoms with E-state index >= 15 is 0 Å². The largest absolute Gasteiger partial charge is 0.494 e. The highest BCUT2D eigenvalue weighted by Crippen LogP contribution is 2.35. The third-order valence-corrected chi connectivity index (χ3v) is 6.20. The van der Waals surface area contributed by atoms with Gasteiger partial charge in [-0.2, -0.15) is 0 Å². The van der Waals surface area contributed by atoms with Gasteiger partial charge in [-0.05, 0) is 61.1 Å². The van der Waals surface area contributed by atoms with Crippen LogP contribution in [-0.2, 0) is 16.1 Å². The van der Waals surface area contributed by atoms with Crippen molar-refractivity contribution >= 4 is 29.0 Å². The SMILES string of the molecule is CCOc1ccc(C2=C(N3CCCC(CO)C3)C(=O)N(Cc3ccc(Cl)cc3)C2=O)cc1. The highest BCUT2D eigenvalue weighted by atomic mass is 35.5. The molecule has 1 unspecified atom stereocenters. The maximum Gasteiger partial charge on any atom is 0.278 e. The molecule has 2 aliphatic rings. The monoisotopic (exact) mass is 454 g/mol. The van der Waals surface area contributed by atoms with Gasteiger partial charge in [0.05, 0.1) is 18.7 Å². The molecule has 1 N–H and O–H groups in total. The lowest BCUT2D eigenvalue weighted by Crippen LogP contribution is -2.40. The first-order valence-corrected chi connectivity index (χ1v) is 11.3. The van der Waals surface area contributed by atoms with Crippen molar-refractivity contribution in [3.05, 3.63) is 70.4 Å². The average Bonchev–Trinajstić information content (AvgIpc) is 3.06. The minimum atomic E-state index is -0.310. The fourth-order valence-electron chi connectivity index (χ4n) is 4.33. The number of ether oxygens (including phenoxy) is 1. The normalized spacial score (nSPS) is 19.2. The van der Waals surface area contributed by atoms with Crippen molar-refractivity contribution < 1.29 is 19.4 Å².